The van der Waals surface area contributed by atoms with Gasteiger partial charge in [-0.2, -0.15) is 13.2 Å². The van der Waals surface area contributed by atoms with Crippen LogP contribution in [0.25, 0.3) is 0 Å². The molecule has 0 N–H and O–H groups in total. The maximum atomic E-state index is 12.9. The zero-order chi connectivity index (χ0) is 18.6. The molecule has 4 rings (SSSR count). The molecule has 26 heavy (non-hydrogen) atoms. The number of aromatic nitrogens is 1. The predicted molar refractivity (Wildman–Crippen MR) is 86.8 cm³/mol. The third kappa shape index (κ3) is 2.96. The van der Waals surface area contributed by atoms with Crippen LogP contribution in [0.4, 0.5) is 18.9 Å². The van der Waals surface area contributed by atoms with Crippen LogP contribution in [0.15, 0.2) is 30.5 Å². The number of hydrogen-bond donors (Lipinski definition) is 0. The third-order valence-corrected chi connectivity index (χ3v) is 5.46. The number of amides is 1. The minimum absolute atomic E-state index is 0.00313. The van der Waals surface area contributed by atoms with Crippen LogP contribution in [0, 0.1) is 5.41 Å². The molecular formula is C18H19F3N2O3. The molecule has 2 aliphatic heterocycles. The molecule has 0 radical (unpaired) electrons. The van der Waals surface area contributed by atoms with Crippen LogP contribution in [0.2, 0.25) is 0 Å². The summed E-state index contributed by atoms with van der Waals surface area (Å²) < 4.78 is 47.9. The number of carbonyl (C=O) groups excluding carboxylic acids is 1. The number of hydrogen-bond acceptors (Lipinski definition) is 4. The summed E-state index contributed by atoms with van der Waals surface area (Å²) in [6, 6.07) is 2.93. The Balaban J connectivity index is 1.46. The molecule has 2 fully saturated rings. The SMILES string of the molecule is C[C@@H](Oc1ccc(N2CCC3(C=CC4(CC3)CO4)C2=O)cn1)C(F)(F)F. The first kappa shape index (κ1) is 17.3. The second-order valence-electron chi connectivity index (χ2n) is 7.21. The number of halogens is 3. The maximum absolute atomic E-state index is 12.9. The van der Waals surface area contributed by atoms with Gasteiger partial charge in [0, 0.05) is 12.6 Å². The Morgan fingerprint density at radius 3 is 2.58 bits per heavy atom. The summed E-state index contributed by atoms with van der Waals surface area (Å²) in [6.45, 7) is 2.20. The lowest BCUT2D eigenvalue weighted by atomic mass is 9.74. The van der Waals surface area contributed by atoms with Crippen LogP contribution in [-0.4, -0.2) is 41.9 Å². The van der Waals surface area contributed by atoms with Crippen LogP contribution in [0.5, 0.6) is 5.88 Å². The van der Waals surface area contributed by atoms with Crippen molar-refractivity contribution >= 4 is 11.6 Å². The fourth-order valence-electron chi connectivity index (χ4n) is 3.52. The largest absolute Gasteiger partial charge is 0.465 e. The van der Waals surface area contributed by atoms with Crippen molar-refractivity contribution in [3.05, 3.63) is 30.5 Å². The summed E-state index contributed by atoms with van der Waals surface area (Å²) in [6.07, 6.45) is 1.26. The van der Waals surface area contributed by atoms with E-state index in [1.807, 2.05) is 12.2 Å². The molecule has 2 unspecified atom stereocenters. The van der Waals surface area contributed by atoms with Gasteiger partial charge in [0.05, 0.1) is 23.9 Å². The second-order valence-corrected chi connectivity index (χ2v) is 7.21. The number of rotatable bonds is 3. The number of pyridine rings is 1. The summed E-state index contributed by atoms with van der Waals surface area (Å²) in [5, 5.41) is 0. The molecule has 0 aromatic carbocycles. The summed E-state index contributed by atoms with van der Waals surface area (Å²) >= 11 is 0. The number of carbonyl (C=O) groups is 1. The van der Waals surface area contributed by atoms with Gasteiger partial charge in [-0.15, -0.1) is 0 Å². The van der Waals surface area contributed by atoms with E-state index in [1.165, 1.54) is 12.3 Å². The van der Waals surface area contributed by atoms with E-state index in [-0.39, 0.29) is 17.4 Å². The first-order valence-corrected chi connectivity index (χ1v) is 8.59. The normalized spacial score (nSPS) is 31.7. The number of epoxide rings is 1. The predicted octanol–water partition coefficient (Wildman–Crippen LogP) is 3.25. The summed E-state index contributed by atoms with van der Waals surface area (Å²) in [5.41, 5.74) is -0.0819. The topological polar surface area (TPSA) is 55.0 Å². The number of anilines is 1. The molecule has 0 bridgehead atoms. The van der Waals surface area contributed by atoms with Crippen molar-refractivity contribution in [2.75, 3.05) is 18.1 Å². The van der Waals surface area contributed by atoms with E-state index in [9.17, 15) is 18.0 Å². The van der Waals surface area contributed by atoms with Gasteiger partial charge >= 0.3 is 6.18 Å². The molecule has 3 atom stereocenters. The van der Waals surface area contributed by atoms with E-state index in [0.717, 1.165) is 26.4 Å². The molecule has 3 heterocycles. The lowest BCUT2D eigenvalue weighted by molar-refractivity contribution is -0.189. The van der Waals surface area contributed by atoms with Gasteiger partial charge in [-0.3, -0.25) is 4.79 Å². The number of ether oxygens (including phenoxy) is 2. The van der Waals surface area contributed by atoms with Gasteiger partial charge in [-0.1, -0.05) is 12.2 Å². The molecule has 8 heteroatoms. The smallest absolute Gasteiger partial charge is 0.425 e. The van der Waals surface area contributed by atoms with Gasteiger partial charge in [0.2, 0.25) is 11.8 Å². The molecule has 2 spiro atoms. The molecule has 1 aromatic heterocycles. The van der Waals surface area contributed by atoms with Crippen molar-refractivity contribution in [3.63, 3.8) is 0 Å². The lowest BCUT2D eigenvalue weighted by Gasteiger charge is -2.29. The van der Waals surface area contributed by atoms with E-state index >= 15 is 0 Å². The van der Waals surface area contributed by atoms with E-state index in [0.29, 0.717) is 18.7 Å². The number of alkyl halides is 3. The molecule has 1 aliphatic carbocycles. The Morgan fingerprint density at radius 2 is 2.04 bits per heavy atom. The Hall–Kier alpha value is -2.09. The van der Waals surface area contributed by atoms with Crippen molar-refractivity contribution in [2.45, 2.75) is 44.1 Å². The molecular weight excluding hydrogens is 349 g/mol. The monoisotopic (exact) mass is 368 g/mol. The molecule has 1 amide bonds. The number of nitrogens with zero attached hydrogens (tertiary/aromatic N) is 2. The lowest BCUT2D eigenvalue weighted by Crippen LogP contribution is -2.36. The van der Waals surface area contributed by atoms with Crippen LogP contribution >= 0.6 is 0 Å². The fourth-order valence-corrected chi connectivity index (χ4v) is 3.52. The highest BCUT2D eigenvalue weighted by Crippen LogP contribution is 2.49. The Morgan fingerprint density at radius 1 is 1.27 bits per heavy atom. The molecule has 0 saturated carbocycles. The van der Waals surface area contributed by atoms with Gasteiger partial charge < -0.3 is 14.4 Å². The van der Waals surface area contributed by atoms with Gasteiger partial charge in [-0.05, 0) is 32.3 Å². The highest BCUT2D eigenvalue weighted by Gasteiger charge is 2.53. The highest BCUT2D eigenvalue weighted by atomic mass is 19.4. The summed E-state index contributed by atoms with van der Waals surface area (Å²) in [4.78, 5) is 18.5. The first-order valence-electron chi connectivity index (χ1n) is 8.59. The molecule has 5 nitrogen and oxygen atoms in total. The van der Waals surface area contributed by atoms with E-state index < -0.39 is 17.7 Å². The van der Waals surface area contributed by atoms with Crippen LogP contribution in [0.3, 0.4) is 0 Å². The minimum Gasteiger partial charge on any atom is -0.465 e. The van der Waals surface area contributed by atoms with E-state index in [1.54, 1.807) is 11.0 Å². The van der Waals surface area contributed by atoms with Crippen molar-refractivity contribution in [1.29, 1.82) is 0 Å². The van der Waals surface area contributed by atoms with Crippen molar-refractivity contribution in [2.24, 2.45) is 5.41 Å². The standard InChI is InChI=1S/C18H19F3N2O3/c1-12(18(19,20)21)26-14-3-2-13(10-22-14)23-9-8-16(15(23)24)4-6-17(7-5-16)11-25-17/h2-4,6,10,12H,5,7-9,11H2,1H3/t12-,16?,17?/m1/s1. The second kappa shape index (κ2) is 5.70. The molecule has 140 valence electrons. The van der Waals surface area contributed by atoms with E-state index in [2.05, 4.69) is 4.98 Å². The van der Waals surface area contributed by atoms with Gasteiger partial charge in [0.1, 0.15) is 5.60 Å². The van der Waals surface area contributed by atoms with Gasteiger partial charge in [-0.25, -0.2) is 4.98 Å². The van der Waals surface area contributed by atoms with Crippen LogP contribution in [-0.2, 0) is 9.53 Å². The fraction of sp³-hybridized carbons (Fsp3) is 0.556. The average molecular weight is 368 g/mol. The van der Waals surface area contributed by atoms with E-state index in [4.69, 9.17) is 9.47 Å². The van der Waals surface area contributed by atoms with Crippen molar-refractivity contribution in [1.82, 2.24) is 4.98 Å². The van der Waals surface area contributed by atoms with Crippen molar-refractivity contribution in [3.8, 4) is 5.88 Å². The zero-order valence-electron chi connectivity index (χ0n) is 14.3. The highest BCUT2D eigenvalue weighted by molar-refractivity contribution is 6.01. The third-order valence-electron chi connectivity index (χ3n) is 5.46. The zero-order valence-corrected chi connectivity index (χ0v) is 14.3. The average Bonchev–Trinajstić information content (AvgIpc) is 3.29. The Kier molecular flexibility index (Phi) is 3.80. The van der Waals surface area contributed by atoms with Gasteiger partial charge in [0.25, 0.3) is 0 Å². The van der Waals surface area contributed by atoms with Crippen LogP contribution < -0.4 is 9.64 Å². The Labute approximate surface area is 148 Å². The minimum atomic E-state index is -4.45. The van der Waals surface area contributed by atoms with Crippen LogP contribution in [0.1, 0.15) is 26.2 Å². The van der Waals surface area contributed by atoms with Gasteiger partial charge in [0.15, 0.2) is 6.10 Å². The molecule has 3 aliphatic rings. The Bertz CT molecular complexity index is 743. The first-order chi connectivity index (χ1) is 12.2. The molecule has 2 saturated heterocycles. The summed E-state index contributed by atoms with van der Waals surface area (Å²) in [5.74, 6) is -0.117. The maximum Gasteiger partial charge on any atom is 0.425 e. The molecule has 1 aromatic rings. The quantitative estimate of drug-likeness (QED) is 0.607. The summed E-state index contributed by atoms with van der Waals surface area (Å²) in [7, 11) is 0. The van der Waals surface area contributed by atoms with Crippen molar-refractivity contribution < 1.29 is 27.4 Å².